The maximum absolute atomic E-state index is 2.54. The van der Waals surface area contributed by atoms with Gasteiger partial charge in [0.05, 0.1) is 0 Å². The summed E-state index contributed by atoms with van der Waals surface area (Å²) < 4.78 is 0. The molecule has 4 heteroatoms. The SMILES string of the molecule is CCCCCCCC/C=C\CCCCCCCCN(C)CCSSCCN(C)CCCCCCCCCCC. The van der Waals surface area contributed by atoms with Crippen LogP contribution >= 0.6 is 21.6 Å². The lowest BCUT2D eigenvalue weighted by Gasteiger charge is -2.17. The van der Waals surface area contributed by atoms with Crippen LogP contribution in [0.5, 0.6) is 0 Å². The third-order valence-corrected chi connectivity index (χ3v) is 10.3. The van der Waals surface area contributed by atoms with Crippen molar-refractivity contribution >= 4 is 21.6 Å². The molecule has 0 atom stereocenters. The lowest BCUT2D eigenvalue weighted by atomic mass is 10.1. The van der Waals surface area contributed by atoms with Gasteiger partial charge < -0.3 is 9.80 Å². The average molecular weight is 585 g/mol. The molecule has 0 unspecified atom stereocenters. The van der Waals surface area contributed by atoms with Gasteiger partial charge in [-0.15, -0.1) is 0 Å². The fraction of sp³-hybridized carbons (Fsp3) is 0.943. The van der Waals surface area contributed by atoms with Crippen molar-refractivity contribution < 1.29 is 0 Å². The van der Waals surface area contributed by atoms with E-state index < -0.39 is 0 Å². The Morgan fingerprint density at radius 3 is 1.05 bits per heavy atom. The molecule has 0 heterocycles. The molecule has 0 bridgehead atoms. The van der Waals surface area contributed by atoms with Crippen LogP contribution in [0.15, 0.2) is 12.2 Å². The van der Waals surface area contributed by atoms with Crippen LogP contribution in [0.4, 0.5) is 0 Å². The van der Waals surface area contributed by atoms with Crippen molar-refractivity contribution in [3.05, 3.63) is 12.2 Å². The Morgan fingerprint density at radius 2 is 0.692 bits per heavy atom. The van der Waals surface area contributed by atoms with E-state index in [-0.39, 0.29) is 0 Å². The van der Waals surface area contributed by atoms with Crippen molar-refractivity contribution in [2.75, 3.05) is 51.8 Å². The lowest BCUT2D eigenvalue weighted by Crippen LogP contribution is -2.23. The van der Waals surface area contributed by atoms with Crippen molar-refractivity contribution in [1.82, 2.24) is 9.80 Å². The highest BCUT2D eigenvalue weighted by Crippen LogP contribution is 2.21. The van der Waals surface area contributed by atoms with Gasteiger partial charge in [-0.25, -0.2) is 0 Å². The van der Waals surface area contributed by atoms with Gasteiger partial charge in [-0.3, -0.25) is 0 Å². The second-order valence-corrected chi connectivity index (χ2v) is 14.7. The molecule has 0 radical (unpaired) electrons. The molecular weight excluding hydrogens is 513 g/mol. The zero-order valence-corrected chi connectivity index (χ0v) is 29.0. The first-order valence-corrected chi connectivity index (χ1v) is 20.0. The van der Waals surface area contributed by atoms with E-state index in [2.05, 4.69) is 71.5 Å². The fourth-order valence-electron chi connectivity index (χ4n) is 5.05. The van der Waals surface area contributed by atoms with Gasteiger partial charge >= 0.3 is 0 Å². The summed E-state index contributed by atoms with van der Waals surface area (Å²) in [4.78, 5) is 5.08. The van der Waals surface area contributed by atoms with Gasteiger partial charge in [-0.2, -0.15) is 0 Å². The van der Waals surface area contributed by atoms with Gasteiger partial charge in [0.15, 0.2) is 0 Å². The van der Waals surface area contributed by atoms with Crippen molar-refractivity contribution in [3.8, 4) is 0 Å². The predicted octanol–water partition coefficient (Wildman–Crippen LogP) is 11.8. The molecule has 0 amide bonds. The molecule has 0 saturated heterocycles. The van der Waals surface area contributed by atoms with Crippen LogP contribution in [0.2, 0.25) is 0 Å². The van der Waals surface area contributed by atoms with E-state index in [4.69, 9.17) is 0 Å². The average Bonchev–Trinajstić information content (AvgIpc) is 2.93. The van der Waals surface area contributed by atoms with Crippen LogP contribution in [0, 0.1) is 0 Å². The minimum absolute atomic E-state index is 1.23. The Hall–Kier alpha value is 0.360. The Balaban J connectivity index is 3.28. The van der Waals surface area contributed by atoms with Gasteiger partial charge in [0.25, 0.3) is 0 Å². The molecule has 0 N–H and O–H groups in total. The summed E-state index contributed by atoms with van der Waals surface area (Å²) in [6.07, 6.45) is 37.2. The molecule has 0 aliphatic heterocycles. The fourth-order valence-corrected chi connectivity index (χ4v) is 7.21. The van der Waals surface area contributed by atoms with Gasteiger partial charge in [0, 0.05) is 24.6 Å². The molecule has 0 aromatic carbocycles. The minimum Gasteiger partial charge on any atom is -0.306 e. The van der Waals surface area contributed by atoms with Crippen LogP contribution < -0.4 is 0 Å². The van der Waals surface area contributed by atoms with Crippen molar-refractivity contribution in [2.24, 2.45) is 0 Å². The van der Waals surface area contributed by atoms with Crippen molar-refractivity contribution in [1.29, 1.82) is 0 Å². The quantitative estimate of drug-likeness (QED) is 0.0430. The summed E-state index contributed by atoms with van der Waals surface area (Å²) in [5, 5.41) is 0. The Kier molecular flexibility index (Phi) is 34.9. The summed E-state index contributed by atoms with van der Waals surface area (Å²) in [7, 11) is 8.76. The lowest BCUT2D eigenvalue weighted by molar-refractivity contribution is 0.343. The topological polar surface area (TPSA) is 6.48 Å². The molecule has 0 aliphatic rings. The standard InChI is InChI=1S/C35H72N2S2/c1-5-7-9-11-13-15-16-17-18-19-20-21-23-25-27-29-31-37(4)33-35-39-38-34-32-36(3)30-28-26-24-22-14-12-10-8-6-2/h17-18H,5-16,19-35H2,1-4H3/b18-17-. The highest BCUT2D eigenvalue weighted by Gasteiger charge is 2.02. The summed E-state index contributed by atoms with van der Waals surface area (Å²) in [6.45, 7) is 9.61. The molecule has 39 heavy (non-hydrogen) atoms. The van der Waals surface area contributed by atoms with Crippen molar-refractivity contribution in [2.45, 2.75) is 162 Å². The molecule has 0 aliphatic carbocycles. The summed E-state index contributed by atoms with van der Waals surface area (Å²) in [5.41, 5.74) is 0. The highest BCUT2D eigenvalue weighted by molar-refractivity contribution is 8.76. The van der Waals surface area contributed by atoms with Gasteiger partial charge in [-0.05, 0) is 65.7 Å². The number of hydrogen-bond acceptors (Lipinski definition) is 4. The number of unbranched alkanes of at least 4 members (excludes halogenated alkanes) is 20. The van der Waals surface area contributed by atoms with Crippen molar-refractivity contribution in [3.63, 3.8) is 0 Å². The highest BCUT2D eigenvalue weighted by atomic mass is 33.1. The zero-order chi connectivity index (χ0) is 28.5. The molecule has 0 saturated carbocycles. The Labute approximate surface area is 256 Å². The Morgan fingerprint density at radius 1 is 0.385 bits per heavy atom. The molecule has 2 nitrogen and oxygen atoms in total. The summed E-state index contributed by atoms with van der Waals surface area (Å²) in [6, 6.07) is 0. The van der Waals surface area contributed by atoms with Gasteiger partial charge in [0.1, 0.15) is 0 Å². The maximum atomic E-state index is 2.54. The molecule has 234 valence electrons. The summed E-state index contributed by atoms with van der Waals surface area (Å²) >= 11 is 0. The molecule has 0 rings (SSSR count). The number of hydrogen-bond donors (Lipinski definition) is 0. The number of allylic oxidation sites excluding steroid dienone is 2. The molecule has 0 spiro atoms. The van der Waals surface area contributed by atoms with E-state index >= 15 is 0 Å². The van der Waals surface area contributed by atoms with E-state index in [1.165, 1.54) is 185 Å². The summed E-state index contributed by atoms with van der Waals surface area (Å²) in [5.74, 6) is 2.52. The van der Waals surface area contributed by atoms with E-state index in [0.717, 1.165) is 0 Å². The smallest absolute Gasteiger partial charge is 0.0165 e. The van der Waals surface area contributed by atoms with E-state index in [1.807, 2.05) is 0 Å². The first kappa shape index (κ1) is 39.4. The maximum Gasteiger partial charge on any atom is 0.0165 e. The molecule has 0 fully saturated rings. The second-order valence-electron chi connectivity index (χ2n) is 12.0. The third-order valence-electron chi connectivity index (χ3n) is 7.89. The second kappa shape index (κ2) is 34.6. The number of rotatable bonds is 33. The van der Waals surface area contributed by atoms with Crippen LogP contribution in [-0.4, -0.2) is 61.6 Å². The number of nitrogens with zero attached hydrogens (tertiary/aromatic N) is 2. The van der Waals surface area contributed by atoms with Crippen LogP contribution in [-0.2, 0) is 0 Å². The van der Waals surface area contributed by atoms with Gasteiger partial charge in [0.2, 0.25) is 0 Å². The monoisotopic (exact) mass is 585 g/mol. The van der Waals surface area contributed by atoms with E-state index in [1.54, 1.807) is 0 Å². The van der Waals surface area contributed by atoms with Gasteiger partial charge in [-0.1, -0.05) is 157 Å². The first-order valence-electron chi connectivity index (χ1n) is 17.5. The third kappa shape index (κ3) is 34.5. The van der Waals surface area contributed by atoms with Crippen LogP contribution in [0.1, 0.15) is 162 Å². The van der Waals surface area contributed by atoms with E-state index in [9.17, 15) is 0 Å². The largest absolute Gasteiger partial charge is 0.306 e. The molecule has 0 aromatic heterocycles. The Bertz CT molecular complexity index is 472. The van der Waals surface area contributed by atoms with Crippen LogP contribution in [0.3, 0.4) is 0 Å². The molecule has 0 aromatic rings. The zero-order valence-electron chi connectivity index (χ0n) is 27.4. The van der Waals surface area contributed by atoms with Crippen LogP contribution in [0.25, 0.3) is 0 Å². The minimum atomic E-state index is 1.23. The van der Waals surface area contributed by atoms with E-state index in [0.29, 0.717) is 0 Å². The normalized spacial score (nSPS) is 12.1. The first-order chi connectivity index (χ1) is 19.2. The predicted molar refractivity (Wildman–Crippen MR) is 187 cm³/mol. The molecular formula is C35H72N2S2.